The highest BCUT2D eigenvalue weighted by molar-refractivity contribution is 7.91. The molecule has 2 unspecified atom stereocenters. The molecule has 2 saturated heterocycles. The van der Waals surface area contributed by atoms with Gasteiger partial charge in [0, 0.05) is 26.2 Å². The van der Waals surface area contributed by atoms with Crippen LogP contribution in [0.15, 0.2) is 0 Å². The number of sulfone groups is 1. The Morgan fingerprint density at radius 1 is 1.19 bits per heavy atom. The van der Waals surface area contributed by atoms with Crippen molar-refractivity contribution in [2.45, 2.75) is 39.2 Å². The summed E-state index contributed by atoms with van der Waals surface area (Å²) in [4.78, 5) is 26.4. The fraction of sp³-hybridized carbons (Fsp3) is 0.875. The first-order valence-corrected chi connectivity index (χ1v) is 12.8. The van der Waals surface area contributed by atoms with Gasteiger partial charge < -0.3 is 10.2 Å². The maximum Gasteiger partial charge on any atom is 0.244 e. The molecule has 0 radical (unpaired) electrons. The molecule has 0 spiro atoms. The van der Waals surface area contributed by atoms with Crippen LogP contribution in [0.3, 0.4) is 0 Å². The Bertz CT molecular complexity index is 751. The van der Waals surface area contributed by atoms with E-state index in [0.717, 1.165) is 0 Å². The average Bonchev–Trinajstić information content (AvgIpc) is 2.61. The number of hydrogen-bond donors (Lipinski definition) is 1. The standard InChI is InChI=1S/C16H29N3O6S2/c1-3-9-27(24,25)19-6-4-5-14(12-19)15(20)17-13(2)16(21)18-7-10-26(22,23)11-8-18/h13-14H,3-12H2,1-2H3,(H,17,20). The molecule has 2 heterocycles. The zero-order chi connectivity index (χ0) is 20.2. The summed E-state index contributed by atoms with van der Waals surface area (Å²) in [6, 6.07) is -0.777. The zero-order valence-electron chi connectivity index (χ0n) is 15.9. The van der Waals surface area contributed by atoms with Crippen LogP contribution in [0.25, 0.3) is 0 Å². The molecule has 156 valence electrons. The van der Waals surface area contributed by atoms with Crippen molar-refractivity contribution >= 4 is 31.7 Å². The van der Waals surface area contributed by atoms with Gasteiger partial charge in [0.1, 0.15) is 6.04 Å². The van der Waals surface area contributed by atoms with Crippen LogP contribution in [0, 0.1) is 5.92 Å². The first-order valence-electron chi connectivity index (χ1n) is 9.33. The summed E-state index contributed by atoms with van der Waals surface area (Å²) in [5.74, 6) is -1.20. The second-order valence-electron chi connectivity index (χ2n) is 7.22. The van der Waals surface area contributed by atoms with E-state index in [1.807, 2.05) is 0 Å². The molecular formula is C16H29N3O6S2. The molecular weight excluding hydrogens is 394 g/mol. The molecule has 0 saturated carbocycles. The molecule has 27 heavy (non-hydrogen) atoms. The van der Waals surface area contributed by atoms with E-state index in [9.17, 15) is 26.4 Å². The minimum atomic E-state index is -3.35. The van der Waals surface area contributed by atoms with Crippen LogP contribution in [0.1, 0.15) is 33.1 Å². The van der Waals surface area contributed by atoms with Gasteiger partial charge in [0.2, 0.25) is 21.8 Å². The first kappa shape index (κ1) is 22.1. The molecule has 2 aliphatic rings. The summed E-state index contributed by atoms with van der Waals surface area (Å²) in [6.45, 7) is 4.18. The van der Waals surface area contributed by atoms with E-state index in [2.05, 4.69) is 5.32 Å². The van der Waals surface area contributed by atoms with Crippen LogP contribution in [0.2, 0.25) is 0 Å². The molecule has 0 aromatic carbocycles. The molecule has 2 aliphatic heterocycles. The number of hydrogen-bond acceptors (Lipinski definition) is 6. The lowest BCUT2D eigenvalue weighted by atomic mass is 9.98. The van der Waals surface area contributed by atoms with Crippen LogP contribution in [-0.2, 0) is 29.4 Å². The molecule has 9 nitrogen and oxygen atoms in total. The highest BCUT2D eigenvalue weighted by atomic mass is 32.2. The lowest BCUT2D eigenvalue weighted by Gasteiger charge is -2.33. The molecule has 11 heteroatoms. The highest BCUT2D eigenvalue weighted by Crippen LogP contribution is 2.20. The van der Waals surface area contributed by atoms with Crippen LogP contribution in [0.4, 0.5) is 0 Å². The van der Waals surface area contributed by atoms with Gasteiger partial charge in [0.15, 0.2) is 9.84 Å². The number of rotatable bonds is 6. The summed E-state index contributed by atoms with van der Waals surface area (Å²) >= 11 is 0. The third kappa shape index (κ3) is 5.89. The Morgan fingerprint density at radius 3 is 2.41 bits per heavy atom. The van der Waals surface area contributed by atoms with Crippen molar-refractivity contribution in [3.63, 3.8) is 0 Å². The monoisotopic (exact) mass is 423 g/mol. The number of carbonyl (C=O) groups is 2. The largest absolute Gasteiger partial charge is 0.344 e. The Kier molecular flexibility index (Phi) is 7.26. The fourth-order valence-corrected chi connectivity index (χ4v) is 6.19. The maximum absolute atomic E-state index is 12.5. The minimum absolute atomic E-state index is 0.0632. The molecule has 2 rings (SSSR count). The molecule has 1 N–H and O–H groups in total. The molecule has 2 fully saturated rings. The van der Waals surface area contributed by atoms with Crippen LogP contribution >= 0.6 is 0 Å². The lowest BCUT2D eigenvalue weighted by molar-refractivity contribution is -0.137. The van der Waals surface area contributed by atoms with Crippen LogP contribution in [0.5, 0.6) is 0 Å². The second kappa shape index (κ2) is 8.87. The molecule has 2 atom stereocenters. The minimum Gasteiger partial charge on any atom is -0.344 e. The zero-order valence-corrected chi connectivity index (χ0v) is 17.5. The van der Waals surface area contributed by atoms with Gasteiger partial charge in [-0.05, 0) is 26.2 Å². The normalized spacial score (nSPS) is 25.0. The van der Waals surface area contributed by atoms with E-state index in [-0.39, 0.29) is 48.7 Å². The van der Waals surface area contributed by atoms with Crippen molar-refractivity contribution in [2.75, 3.05) is 43.4 Å². The highest BCUT2D eigenvalue weighted by Gasteiger charge is 2.34. The Labute approximate surface area is 161 Å². The number of nitrogens with zero attached hydrogens (tertiary/aromatic N) is 2. The van der Waals surface area contributed by atoms with Crippen molar-refractivity contribution in [3.8, 4) is 0 Å². The lowest BCUT2D eigenvalue weighted by Crippen LogP contribution is -2.54. The quantitative estimate of drug-likeness (QED) is 0.597. The molecule has 0 bridgehead atoms. The number of sulfonamides is 1. The number of carbonyl (C=O) groups excluding carboxylic acids is 2. The molecule has 0 aliphatic carbocycles. The predicted molar refractivity (Wildman–Crippen MR) is 101 cm³/mol. The Morgan fingerprint density at radius 2 is 1.81 bits per heavy atom. The summed E-state index contributed by atoms with van der Waals surface area (Å²) in [5, 5.41) is 2.67. The molecule has 0 aromatic heterocycles. The van der Waals surface area contributed by atoms with E-state index < -0.39 is 31.8 Å². The fourth-order valence-electron chi connectivity index (χ4n) is 3.40. The summed E-state index contributed by atoms with van der Waals surface area (Å²) < 4.78 is 48.8. The first-order chi connectivity index (χ1) is 12.6. The summed E-state index contributed by atoms with van der Waals surface area (Å²) in [7, 11) is -6.44. The predicted octanol–water partition coefficient (Wildman–Crippen LogP) is -0.800. The van der Waals surface area contributed by atoms with Crippen LogP contribution in [-0.4, -0.2) is 87.3 Å². The van der Waals surface area contributed by atoms with E-state index >= 15 is 0 Å². The third-order valence-electron chi connectivity index (χ3n) is 5.00. The van der Waals surface area contributed by atoms with Gasteiger partial charge in [-0.15, -0.1) is 0 Å². The van der Waals surface area contributed by atoms with E-state index in [1.54, 1.807) is 13.8 Å². The number of nitrogens with one attached hydrogen (secondary N) is 1. The van der Waals surface area contributed by atoms with Crippen molar-refractivity contribution in [3.05, 3.63) is 0 Å². The van der Waals surface area contributed by atoms with Crippen molar-refractivity contribution in [1.82, 2.24) is 14.5 Å². The van der Waals surface area contributed by atoms with Crippen molar-refractivity contribution in [1.29, 1.82) is 0 Å². The average molecular weight is 424 g/mol. The second-order valence-corrected chi connectivity index (χ2v) is 11.6. The number of piperidine rings is 1. The van der Waals surface area contributed by atoms with Crippen molar-refractivity contribution in [2.24, 2.45) is 5.92 Å². The van der Waals surface area contributed by atoms with Gasteiger partial charge >= 0.3 is 0 Å². The Balaban J connectivity index is 1.91. The van der Waals surface area contributed by atoms with Gasteiger partial charge in [-0.3, -0.25) is 9.59 Å². The molecule has 2 amide bonds. The van der Waals surface area contributed by atoms with Gasteiger partial charge in [0.05, 0.1) is 23.2 Å². The van der Waals surface area contributed by atoms with Gasteiger partial charge in [-0.2, -0.15) is 0 Å². The van der Waals surface area contributed by atoms with Gasteiger partial charge in [0.25, 0.3) is 0 Å². The third-order valence-corrected chi connectivity index (χ3v) is 8.65. The van der Waals surface area contributed by atoms with Gasteiger partial charge in [-0.25, -0.2) is 21.1 Å². The molecule has 0 aromatic rings. The van der Waals surface area contributed by atoms with Crippen LogP contribution < -0.4 is 5.32 Å². The van der Waals surface area contributed by atoms with E-state index in [1.165, 1.54) is 9.21 Å². The summed E-state index contributed by atoms with van der Waals surface area (Å²) in [6.07, 6.45) is 1.70. The number of amides is 2. The maximum atomic E-state index is 12.5. The Hall–Kier alpha value is -1.20. The van der Waals surface area contributed by atoms with Gasteiger partial charge in [-0.1, -0.05) is 6.92 Å². The summed E-state index contributed by atoms with van der Waals surface area (Å²) in [5.41, 5.74) is 0. The van der Waals surface area contributed by atoms with Crippen molar-refractivity contribution < 1.29 is 26.4 Å². The SMILES string of the molecule is CCCS(=O)(=O)N1CCCC(C(=O)NC(C)C(=O)N2CCS(=O)(=O)CC2)C1. The van der Waals surface area contributed by atoms with E-state index in [0.29, 0.717) is 25.8 Å². The van der Waals surface area contributed by atoms with E-state index in [4.69, 9.17) is 0 Å². The smallest absolute Gasteiger partial charge is 0.244 e. The topological polar surface area (TPSA) is 121 Å².